The Morgan fingerprint density at radius 2 is 2.08 bits per heavy atom. The number of hydrogen-bond donors (Lipinski definition) is 2. The first kappa shape index (κ1) is 12.2. The summed E-state index contributed by atoms with van der Waals surface area (Å²) in [5, 5.41) is 12.1. The van der Waals surface area contributed by atoms with Crippen molar-refractivity contribution in [2.45, 2.75) is 38.6 Å². The lowest BCUT2D eigenvalue weighted by molar-refractivity contribution is -0.145. The lowest BCUT2D eigenvalue weighted by Crippen LogP contribution is -2.51. The third-order valence-corrected chi connectivity index (χ3v) is 2.43. The van der Waals surface area contributed by atoms with Crippen LogP contribution in [0.25, 0.3) is 0 Å². The van der Waals surface area contributed by atoms with Gasteiger partial charge >= 0.3 is 5.97 Å². The first-order chi connectivity index (χ1) is 6.13. The Kier molecular flexibility index (Phi) is 5.39. The normalized spacial score (nSPS) is 11.2. The fraction of sp³-hybridized carbons (Fsp3) is 0.700. The van der Waals surface area contributed by atoms with Crippen LogP contribution in [0.15, 0.2) is 12.7 Å². The van der Waals surface area contributed by atoms with E-state index in [9.17, 15) is 4.79 Å². The lowest BCUT2D eigenvalue weighted by Gasteiger charge is -2.27. The van der Waals surface area contributed by atoms with E-state index in [-0.39, 0.29) is 0 Å². The second kappa shape index (κ2) is 5.75. The van der Waals surface area contributed by atoms with Crippen LogP contribution in [-0.2, 0) is 4.79 Å². The Balaban J connectivity index is 4.21. The van der Waals surface area contributed by atoms with Crippen LogP contribution in [0, 0.1) is 0 Å². The molecule has 0 saturated carbocycles. The van der Waals surface area contributed by atoms with Crippen molar-refractivity contribution in [1.82, 2.24) is 5.32 Å². The molecule has 0 atom stereocenters. The fourth-order valence-electron chi connectivity index (χ4n) is 1.29. The van der Waals surface area contributed by atoms with E-state index in [4.69, 9.17) is 5.11 Å². The molecule has 0 aliphatic carbocycles. The van der Waals surface area contributed by atoms with Gasteiger partial charge in [0.25, 0.3) is 0 Å². The van der Waals surface area contributed by atoms with Crippen molar-refractivity contribution in [2.24, 2.45) is 0 Å². The minimum Gasteiger partial charge on any atom is -0.480 e. The van der Waals surface area contributed by atoms with Gasteiger partial charge in [0.15, 0.2) is 0 Å². The summed E-state index contributed by atoms with van der Waals surface area (Å²) >= 11 is 0. The molecular formula is C10H19NO2. The number of carbonyl (C=O) groups is 1. The summed E-state index contributed by atoms with van der Waals surface area (Å²) in [6.45, 7) is 8.04. The maximum absolute atomic E-state index is 11.0. The Morgan fingerprint density at radius 3 is 2.38 bits per heavy atom. The van der Waals surface area contributed by atoms with Crippen molar-refractivity contribution < 1.29 is 9.90 Å². The van der Waals surface area contributed by atoms with E-state index in [0.717, 1.165) is 6.42 Å². The molecule has 0 bridgehead atoms. The average Bonchev–Trinajstić information content (AvgIpc) is 2.13. The molecule has 0 amide bonds. The van der Waals surface area contributed by atoms with E-state index >= 15 is 0 Å². The van der Waals surface area contributed by atoms with Crippen LogP contribution >= 0.6 is 0 Å². The SMILES string of the molecule is C=CCCNC(CC)(CC)C(=O)O. The molecule has 13 heavy (non-hydrogen) atoms. The summed E-state index contributed by atoms with van der Waals surface area (Å²) in [5.74, 6) is -0.762. The van der Waals surface area contributed by atoms with Crippen LogP contribution in [0.1, 0.15) is 33.1 Å². The Bertz CT molecular complexity index is 174. The van der Waals surface area contributed by atoms with Crippen LogP contribution in [0.3, 0.4) is 0 Å². The van der Waals surface area contributed by atoms with Crippen molar-refractivity contribution >= 4 is 5.97 Å². The number of carboxylic acids is 1. The number of aliphatic carboxylic acids is 1. The van der Waals surface area contributed by atoms with Gasteiger partial charge in [-0.1, -0.05) is 19.9 Å². The van der Waals surface area contributed by atoms with Crippen LogP contribution in [0.4, 0.5) is 0 Å². The summed E-state index contributed by atoms with van der Waals surface area (Å²) in [7, 11) is 0. The molecule has 0 rings (SSSR count). The number of nitrogens with one attached hydrogen (secondary N) is 1. The van der Waals surface area contributed by atoms with Crippen molar-refractivity contribution in [3.05, 3.63) is 12.7 Å². The molecule has 76 valence electrons. The molecule has 0 aliphatic rings. The van der Waals surface area contributed by atoms with Gasteiger partial charge in [-0.3, -0.25) is 4.79 Å². The summed E-state index contributed by atoms with van der Waals surface area (Å²) in [6.07, 6.45) is 3.80. The summed E-state index contributed by atoms with van der Waals surface area (Å²) < 4.78 is 0. The van der Waals surface area contributed by atoms with Crippen molar-refractivity contribution in [1.29, 1.82) is 0 Å². The van der Waals surface area contributed by atoms with Gasteiger partial charge in [-0.15, -0.1) is 6.58 Å². The molecule has 0 unspecified atom stereocenters. The molecule has 0 aromatic carbocycles. The van der Waals surface area contributed by atoms with E-state index in [1.807, 2.05) is 13.8 Å². The molecule has 2 N–H and O–H groups in total. The molecular weight excluding hydrogens is 166 g/mol. The van der Waals surface area contributed by atoms with Gasteiger partial charge in [0.05, 0.1) is 0 Å². The van der Waals surface area contributed by atoms with Gasteiger partial charge in [-0.25, -0.2) is 0 Å². The second-order valence-electron chi connectivity index (χ2n) is 3.10. The second-order valence-corrected chi connectivity index (χ2v) is 3.10. The quantitative estimate of drug-likeness (QED) is 0.469. The van der Waals surface area contributed by atoms with Gasteiger partial charge in [0.2, 0.25) is 0 Å². The zero-order valence-corrected chi connectivity index (χ0v) is 8.47. The van der Waals surface area contributed by atoms with Gasteiger partial charge in [-0.05, 0) is 25.8 Å². The van der Waals surface area contributed by atoms with Crippen molar-refractivity contribution in [3.63, 3.8) is 0 Å². The maximum Gasteiger partial charge on any atom is 0.323 e. The van der Waals surface area contributed by atoms with E-state index in [0.29, 0.717) is 19.4 Å². The highest BCUT2D eigenvalue weighted by atomic mass is 16.4. The van der Waals surface area contributed by atoms with Gasteiger partial charge in [-0.2, -0.15) is 0 Å². The monoisotopic (exact) mass is 185 g/mol. The highest BCUT2D eigenvalue weighted by molar-refractivity contribution is 5.78. The third-order valence-electron chi connectivity index (χ3n) is 2.43. The number of carboxylic acid groups (broad SMARTS) is 1. The zero-order chi connectivity index (χ0) is 10.3. The van der Waals surface area contributed by atoms with Gasteiger partial charge < -0.3 is 10.4 Å². The summed E-state index contributed by atoms with van der Waals surface area (Å²) in [6, 6.07) is 0. The molecule has 0 radical (unpaired) electrons. The molecule has 0 aromatic heterocycles. The van der Waals surface area contributed by atoms with Gasteiger partial charge in [0, 0.05) is 0 Å². The minimum atomic E-state index is -0.762. The maximum atomic E-state index is 11.0. The molecule has 3 nitrogen and oxygen atoms in total. The number of rotatable bonds is 7. The summed E-state index contributed by atoms with van der Waals surface area (Å²) in [5.41, 5.74) is -0.747. The first-order valence-electron chi connectivity index (χ1n) is 4.72. The Labute approximate surface area is 79.8 Å². The minimum absolute atomic E-state index is 0.607. The molecule has 0 saturated heterocycles. The highest BCUT2D eigenvalue weighted by Gasteiger charge is 2.33. The van der Waals surface area contributed by atoms with E-state index in [2.05, 4.69) is 11.9 Å². The average molecular weight is 185 g/mol. The smallest absolute Gasteiger partial charge is 0.323 e. The third kappa shape index (κ3) is 3.19. The standard InChI is InChI=1S/C10H19NO2/c1-4-7-8-11-10(5-2,6-3)9(12)13/h4,11H,1,5-8H2,2-3H3,(H,12,13). The van der Waals surface area contributed by atoms with Crippen LogP contribution in [0.2, 0.25) is 0 Å². The lowest BCUT2D eigenvalue weighted by atomic mass is 9.93. The predicted molar refractivity (Wildman–Crippen MR) is 53.8 cm³/mol. The fourth-order valence-corrected chi connectivity index (χ4v) is 1.29. The summed E-state index contributed by atoms with van der Waals surface area (Å²) in [4.78, 5) is 11.0. The van der Waals surface area contributed by atoms with E-state index < -0.39 is 11.5 Å². The van der Waals surface area contributed by atoms with Crippen LogP contribution in [0.5, 0.6) is 0 Å². The first-order valence-corrected chi connectivity index (χ1v) is 4.72. The Hall–Kier alpha value is -0.830. The molecule has 0 spiro atoms. The molecule has 0 aromatic rings. The van der Waals surface area contributed by atoms with Crippen LogP contribution in [-0.4, -0.2) is 23.2 Å². The van der Waals surface area contributed by atoms with Crippen LogP contribution < -0.4 is 5.32 Å². The Morgan fingerprint density at radius 1 is 1.54 bits per heavy atom. The van der Waals surface area contributed by atoms with Crippen molar-refractivity contribution in [2.75, 3.05) is 6.54 Å². The molecule has 3 heteroatoms. The highest BCUT2D eigenvalue weighted by Crippen LogP contribution is 2.15. The van der Waals surface area contributed by atoms with E-state index in [1.165, 1.54) is 0 Å². The number of hydrogen-bond acceptors (Lipinski definition) is 2. The molecule has 0 fully saturated rings. The van der Waals surface area contributed by atoms with Gasteiger partial charge in [0.1, 0.15) is 5.54 Å². The largest absolute Gasteiger partial charge is 0.480 e. The van der Waals surface area contributed by atoms with Crippen molar-refractivity contribution in [3.8, 4) is 0 Å². The van der Waals surface area contributed by atoms with E-state index in [1.54, 1.807) is 6.08 Å². The zero-order valence-electron chi connectivity index (χ0n) is 8.47. The molecule has 0 heterocycles. The predicted octanol–water partition coefficient (Wildman–Crippen LogP) is 1.80. The topological polar surface area (TPSA) is 49.3 Å². The molecule has 0 aliphatic heterocycles.